The highest BCUT2D eigenvalue weighted by Gasteiger charge is 2.26. The van der Waals surface area contributed by atoms with Crippen LogP contribution in [0.25, 0.3) is 0 Å². The second kappa shape index (κ2) is 6.25. The van der Waals surface area contributed by atoms with E-state index in [4.69, 9.17) is 16.3 Å². The lowest BCUT2D eigenvalue weighted by atomic mass is 10.3. The minimum atomic E-state index is -0.311. The van der Waals surface area contributed by atoms with Crippen LogP contribution < -0.4 is 0 Å². The number of amides is 2. The molecular weight excluding hydrogens is 288 g/mol. The molecule has 1 fully saturated rings. The zero-order chi connectivity index (χ0) is 13.8. The van der Waals surface area contributed by atoms with Gasteiger partial charge in [-0.25, -0.2) is 4.79 Å². The summed E-state index contributed by atoms with van der Waals surface area (Å²) in [5.74, 6) is -0.0274. The summed E-state index contributed by atoms with van der Waals surface area (Å²) in [6, 6.07) is 3.45. The Bertz CT molecular complexity index is 469. The van der Waals surface area contributed by atoms with Gasteiger partial charge in [0.2, 0.25) is 0 Å². The number of ether oxygens (including phenoxy) is 1. The van der Waals surface area contributed by atoms with Gasteiger partial charge in [0.05, 0.1) is 15.8 Å². The van der Waals surface area contributed by atoms with Crippen LogP contribution in [-0.4, -0.2) is 54.6 Å². The van der Waals surface area contributed by atoms with Crippen molar-refractivity contribution in [3.05, 3.63) is 21.3 Å². The van der Waals surface area contributed by atoms with Gasteiger partial charge in [0.25, 0.3) is 5.91 Å². The molecule has 0 aromatic carbocycles. The Hall–Kier alpha value is -1.27. The Balaban J connectivity index is 1.89. The number of halogens is 1. The second-order valence-electron chi connectivity index (χ2n) is 4.08. The summed E-state index contributed by atoms with van der Waals surface area (Å²) < 4.78 is 5.54. The minimum absolute atomic E-state index is 0.0274. The first-order valence-electron chi connectivity index (χ1n) is 6.08. The van der Waals surface area contributed by atoms with Crippen LogP contribution in [0.3, 0.4) is 0 Å². The number of piperazine rings is 1. The van der Waals surface area contributed by atoms with Gasteiger partial charge >= 0.3 is 6.09 Å². The summed E-state index contributed by atoms with van der Waals surface area (Å²) in [5, 5.41) is 0. The summed E-state index contributed by atoms with van der Waals surface area (Å²) in [7, 11) is 0. The average molecular weight is 303 g/mol. The van der Waals surface area contributed by atoms with Crippen molar-refractivity contribution >= 4 is 34.9 Å². The third kappa shape index (κ3) is 3.39. The van der Waals surface area contributed by atoms with Crippen LogP contribution in [0.4, 0.5) is 4.79 Å². The molecule has 0 bridgehead atoms. The Morgan fingerprint density at radius 2 is 1.89 bits per heavy atom. The molecule has 0 saturated carbocycles. The maximum Gasteiger partial charge on any atom is 0.409 e. The van der Waals surface area contributed by atoms with E-state index in [9.17, 15) is 9.59 Å². The average Bonchev–Trinajstić information content (AvgIpc) is 2.85. The molecule has 1 aromatic rings. The maximum absolute atomic E-state index is 12.2. The van der Waals surface area contributed by atoms with E-state index in [0.717, 1.165) is 0 Å². The van der Waals surface area contributed by atoms with Gasteiger partial charge in [-0.05, 0) is 19.1 Å². The molecular formula is C12H15ClN2O3S. The van der Waals surface area contributed by atoms with Crippen LogP contribution in [0.2, 0.25) is 4.34 Å². The van der Waals surface area contributed by atoms with Gasteiger partial charge in [0.1, 0.15) is 0 Å². The smallest absolute Gasteiger partial charge is 0.409 e. The van der Waals surface area contributed by atoms with E-state index in [1.165, 1.54) is 11.3 Å². The predicted octanol–water partition coefficient (Wildman–Crippen LogP) is 2.32. The highest BCUT2D eigenvalue weighted by Crippen LogP contribution is 2.23. The van der Waals surface area contributed by atoms with Gasteiger partial charge in [0.15, 0.2) is 0 Å². The first-order valence-corrected chi connectivity index (χ1v) is 7.27. The molecule has 2 rings (SSSR count). The first-order chi connectivity index (χ1) is 9.11. The van der Waals surface area contributed by atoms with Gasteiger partial charge in [-0.2, -0.15) is 0 Å². The number of hydrogen-bond acceptors (Lipinski definition) is 4. The summed E-state index contributed by atoms with van der Waals surface area (Å²) in [6.45, 7) is 4.19. The third-order valence-corrected chi connectivity index (χ3v) is 4.10. The number of thiophene rings is 1. The molecule has 0 atom stereocenters. The molecule has 2 heterocycles. The van der Waals surface area contributed by atoms with Crippen LogP contribution in [-0.2, 0) is 4.74 Å². The number of carbonyl (C=O) groups is 2. The van der Waals surface area contributed by atoms with Crippen molar-refractivity contribution in [1.29, 1.82) is 0 Å². The minimum Gasteiger partial charge on any atom is -0.450 e. The molecule has 5 nitrogen and oxygen atoms in total. The van der Waals surface area contributed by atoms with Gasteiger partial charge in [-0.15, -0.1) is 11.3 Å². The van der Waals surface area contributed by atoms with Crippen LogP contribution in [0.15, 0.2) is 12.1 Å². The lowest BCUT2D eigenvalue weighted by Gasteiger charge is -2.33. The molecule has 104 valence electrons. The van der Waals surface area contributed by atoms with Gasteiger partial charge < -0.3 is 14.5 Å². The molecule has 1 aliphatic rings. The van der Waals surface area contributed by atoms with Gasteiger partial charge in [-0.1, -0.05) is 11.6 Å². The van der Waals surface area contributed by atoms with Crippen molar-refractivity contribution in [3.63, 3.8) is 0 Å². The number of carbonyl (C=O) groups excluding carboxylic acids is 2. The van der Waals surface area contributed by atoms with E-state index < -0.39 is 0 Å². The Morgan fingerprint density at radius 1 is 1.26 bits per heavy atom. The highest BCUT2D eigenvalue weighted by molar-refractivity contribution is 7.17. The SMILES string of the molecule is CCOC(=O)N1CCN(C(=O)c2ccc(Cl)s2)CC1. The zero-order valence-electron chi connectivity index (χ0n) is 10.6. The summed E-state index contributed by atoms with van der Waals surface area (Å²) in [6.07, 6.45) is -0.311. The molecule has 0 unspecified atom stereocenters. The lowest BCUT2D eigenvalue weighted by Crippen LogP contribution is -2.50. The summed E-state index contributed by atoms with van der Waals surface area (Å²) in [4.78, 5) is 27.7. The van der Waals surface area contributed by atoms with Crippen molar-refractivity contribution < 1.29 is 14.3 Å². The number of rotatable bonds is 2. The predicted molar refractivity (Wildman–Crippen MR) is 73.8 cm³/mol. The molecule has 1 saturated heterocycles. The monoisotopic (exact) mass is 302 g/mol. The van der Waals surface area contributed by atoms with Gasteiger partial charge in [0, 0.05) is 26.2 Å². The molecule has 0 radical (unpaired) electrons. The molecule has 0 N–H and O–H groups in total. The van der Waals surface area contributed by atoms with Crippen molar-refractivity contribution in [3.8, 4) is 0 Å². The zero-order valence-corrected chi connectivity index (χ0v) is 12.2. The fourth-order valence-electron chi connectivity index (χ4n) is 1.89. The van der Waals surface area contributed by atoms with E-state index in [-0.39, 0.29) is 12.0 Å². The normalized spacial score (nSPS) is 15.5. The van der Waals surface area contributed by atoms with Crippen LogP contribution >= 0.6 is 22.9 Å². The van der Waals surface area contributed by atoms with E-state index in [0.29, 0.717) is 42.0 Å². The molecule has 19 heavy (non-hydrogen) atoms. The molecule has 0 spiro atoms. The van der Waals surface area contributed by atoms with Crippen LogP contribution in [0.5, 0.6) is 0 Å². The summed E-state index contributed by atoms with van der Waals surface area (Å²) >= 11 is 7.09. The van der Waals surface area contributed by atoms with Crippen LogP contribution in [0, 0.1) is 0 Å². The van der Waals surface area contributed by atoms with Crippen molar-refractivity contribution in [2.45, 2.75) is 6.92 Å². The van der Waals surface area contributed by atoms with Crippen molar-refractivity contribution in [1.82, 2.24) is 9.80 Å². The molecule has 0 aliphatic carbocycles. The van der Waals surface area contributed by atoms with E-state index >= 15 is 0 Å². The maximum atomic E-state index is 12.2. The molecule has 7 heteroatoms. The Kier molecular flexibility index (Phi) is 4.66. The highest BCUT2D eigenvalue weighted by atomic mass is 35.5. The molecule has 2 amide bonds. The second-order valence-corrected chi connectivity index (χ2v) is 5.80. The fourth-order valence-corrected chi connectivity index (χ4v) is 2.90. The summed E-state index contributed by atoms with van der Waals surface area (Å²) in [5.41, 5.74) is 0. The topological polar surface area (TPSA) is 49.9 Å². The van der Waals surface area contributed by atoms with E-state index in [1.807, 2.05) is 0 Å². The van der Waals surface area contributed by atoms with Gasteiger partial charge in [-0.3, -0.25) is 4.79 Å². The van der Waals surface area contributed by atoms with Crippen molar-refractivity contribution in [2.75, 3.05) is 32.8 Å². The van der Waals surface area contributed by atoms with E-state index in [2.05, 4.69) is 0 Å². The standard InChI is InChI=1S/C12H15ClN2O3S/c1-2-18-12(17)15-7-5-14(6-8-15)11(16)9-3-4-10(13)19-9/h3-4H,2,5-8H2,1H3. The number of hydrogen-bond donors (Lipinski definition) is 0. The number of nitrogens with zero attached hydrogens (tertiary/aromatic N) is 2. The largest absolute Gasteiger partial charge is 0.450 e. The lowest BCUT2D eigenvalue weighted by molar-refractivity contribution is 0.0574. The van der Waals surface area contributed by atoms with E-state index in [1.54, 1.807) is 28.9 Å². The third-order valence-electron chi connectivity index (χ3n) is 2.88. The fraction of sp³-hybridized carbons (Fsp3) is 0.500. The van der Waals surface area contributed by atoms with Crippen molar-refractivity contribution in [2.24, 2.45) is 0 Å². The Labute approximate surface area is 120 Å². The molecule has 1 aromatic heterocycles. The molecule has 1 aliphatic heterocycles. The first kappa shape index (κ1) is 14.1. The quantitative estimate of drug-likeness (QED) is 0.842. The Morgan fingerprint density at radius 3 is 2.42 bits per heavy atom. The van der Waals surface area contributed by atoms with Crippen LogP contribution in [0.1, 0.15) is 16.6 Å².